The van der Waals surface area contributed by atoms with Crippen LogP contribution in [0.2, 0.25) is 0 Å². The number of nitrogens with zero attached hydrogens (tertiary/aromatic N) is 2. The van der Waals surface area contributed by atoms with Crippen molar-refractivity contribution in [3.8, 4) is 0 Å². The quantitative estimate of drug-likeness (QED) is 0.849. The SMILES string of the molecule is O=C(c1ccoc1)N1CCC(=O)N(Cc2ccccc2)C2(CCOC2)C1. The third-order valence-corrected chi connectivity index (χ3v) is 5.28. The fourth-order valence-corrected chi connectivity index (χ4v) is 3.85. The molecule has 26 heavy (non-hydrogen) atoms. The van der Waals surface area contributed by atoms with E-state index in [0.29, 0.717) is 44.8 Å². The highest BCUT2D eigenvalue weighted by molar-refractivity contribution is 5.94. The van der Waals surface area contributed by atoms with E-state index < -0.39 is 5.54 Å². The molecule has 3 heterocycles. The van der Waals surface area contributed by atoms with Crippen LogP contribution < -0.4 is 0 Å². The molecule has 2 aliphatic rings. The van der Waals surface area contributed by atoms with Gasteiger partial charge in [0, 0.05) is 32.7 Å². The molecule has 0 saturated carbocycles. The van der Waals surface area contributed by atoms with Crippen molar-refractivity contribution in [2.24, 2.45) is 0 Å². The molecule has 2 saturated heterocycles. The van der Waals surface area contributed by atoms with Crippen LogP contribution in [0.15, 0.2) is 53.3 Å². The molecule has 2 amide bonds. The molecule has 6 heteroatoms. The van der Waals surface area contributed by atoms with Gasteiger partial charge in [-0.25, -0.2) is 0 Å². The van der Waals surface area contributed by atoms with Crippen LogP contribution in [0.4, 0.5) is 0 Å². The average Bonchev–Trinajstić information content (AvgIpc) is 3.33. The Bertz CT molecular complexity index is 766. The first kappa shape index (κ1) is 16.8. The Morgan fingerprint density at radius 2 is 2.04 bits per heavy atom. The largest absolute Gasteiger partial charge is 0.472 e. The topological polar surface area (TPSA) is 63.0 Å². The Balaban J connectivity index is 1.62. The summed E-state index contributed by atoms with van der Waals surface area (Å²) < 4.78 is 10.7. The number of amides is 2. The summed E-state index contributed by atoms with van der Waals surface area (Å²) in [5.74, 6) is -0.0266. The summed E-state index contributed by atoms with van der Waals surface area (Å²) in [4.78, 5) is 29.5. The van der Waals surface area contributed by atoms with E-state index in [2.05, 4.69) is 0 Å². The zero-order chi connectivity index (χ0) is 18.0. The molecule has 136 valence electrons. The van der Waals surface area contributed by atoms with Crippen molar-refractivity contribution >= 4 is 11.8 Å². The number of hydrogen-bond acceptors (Lipinski definition) is 4. The first-order chi connectivity index (χ1) is 12.7. The molecule has 2 aliphatic heterocycles. The van der Waals surface area contributed by atoms with Gasteiger partial charge in [-0.3, -0.25) is 9.59 Å². The van der Waals surface area contributed by atoms with E-state index in [1.54, 1.807) is 11.0 Å². The van der Waals surface area contributed by atoms with Crippen LogP contribution in [0.5, 0.6) is 0 Å². The second-order valence-electron chi connectivity index (χ2n) is 6.98. The number of benzene rings is 1. The Morgan fingerprint density at radius 3 is 2.73 bits per heavy atom. The van der Waals surface area contributed by atoms with Gasteiger partial charge in [-0.2, -0.15) is 0 Å². The van der Waals surface area contributed by atoms with Crippen LogP contribution in [0, 0.1) is 0 Å². The molecule has 1 aromatic carbocycles. The lowest BCUT2D eigenvalue weighted by Crippen LogP contribution is -2.56. The molecule has 1 spiro atoms. The molecule has 0 radical (unpaired) electrons. The molecular formula is C20H22N2O4. The second kappa shape index (κ2) is 6.96. The zero-order valence-corrected chi connectivity index (χ0v) is 14.6. The van der Waals surface area contributed by atoms with Crippen molar-refractivity contribution in [1.82, 2.24) is 9.80 Å². The molecule has 6 nitrogen and oxygen atoms in total. The van der Waals surface area contributed by atoms with Crippen molar-refractivity contribution in [3.63, 3.8) is 0 Å². The number of carbonyl (C=O) groups excluding carboxylic acids is 2. The van der Waals surface area contributed by atoms with Crippen molar-refractivity contribution in [1.29, 1.82) is 0 Å². The number of ether oxygens (including phenoxy) is 1. The average molecular weight is 354 g/mol. The first-order valence-electron chi connectivity index (χ1n) is 8.92. The van der Waals surface area contributed by atoms with Gasteiger partial charge in [-0.05, 0) is 18.1 Å². The van der Waals surface area contributed by atoms with Crippen molar-refractivity contribution < 1.29 is 18.7 Å². The number of rotatable bonds is 3. The second-order valence-corrected chi connectivity index (χ2v) is 6.98. The van der Waals surface area contributed by atoms with Crippen molar-refractivity contribution in [3.05, 3.63) is 60.1 Å². The van der Waals surface area contributed by atoms with Gasteiger partial charge in [-0.15, -0.1) is 0 Å². The fourth-order valence-electron chi connectivity index (χ4n) is 3.85. The summed E-state index contributed by atoms with van der Waals surface area (Å²) in [5.41, 5.74) is 1.13. The Morgan fingerprint density at radius 1 is 1.19 bits per heavy atom. The Hall–Kier alpha value is -2.60. The molecule has 0 N–H and O–H groups in total. The summed E-state index contributed by atoms with van der Waals surface area (Å²) in [5, 5.41) is 0. The maximum absolute atomic E-state index is 12.9. The third kappa shape index (κ3) is 3.12. The predicted octanol–water partition coefficient (Wildman–Crippen LogP) is 2.31. The van der Waals surface area contributed by atoms with Gasteiger partial charge in [-0.1, -0.05) is 30.3 Å². The van der Waals surface area contributed by atoms with Gasteiger partial charge in [0.1, 0.15) is 6.26 Å². The highest BCUT2D eigenvalue weighted by atomic mass is 16.5. The van der Waals surface area contributed by atoms with Crippen LogP contribution in [0.3, 0.4) is 0 Å². The maximum Gasteiger partial charge on any atom is 0.257 e. The monoisotopic (exact) mass is 354 g/mol. The van der Waals surface area contributed by atoms with Gasteiger partial charge in [0.05, 0.1) is 24.0 Å². The molecule has 0 aliphatic carbocycles. The normalized spacial score (nSPS) is 23.5. The molecule has 2 aromatic rings. The van der Waals surface area contributed by atoms with Crippen LogP contribution in [-0.4, -0.2) is 53.5 Å². The van der Waals surface area contributed by atoms with E-state index >= 15 is 0 Å². The number of hydrogen-bond donors (Lipinski definition) is 0. The molecule has 1 aromatic heterocycles. The lowest BCUT2D eigenvalue weighted by Gasteiger charge is -2.40. The number of furan rings is 1. The molecular weight excluding hydrogens is 332 g/mol. The molecule has 2 fully saturated rings. The van der Waals surface area contributed by atoms with E-state index in [4.69, 9.17) is 9.15 Å². The van der Waals surface area contributed by atoms with Crippen LogP contribution in [0.25, 0.3) is 0 Å². The molecule has 1 unspecified atom stereocenters. The summed E-state index contributed by atoms with van der Waals surface area (Å²) in [7, 11) is 0. The summed E-state index contributed by atoms with van der Waals surface area (Å²) in [6.07, 6.45) is 4.00. The lowest BCUT2D eigenvalue weighted by atomic mass is 9.94. The molecule has 0 bridgehead atoms. The van der Waals surface area contributed by atoms with Gasteiger partial charge >= 0.3 is 0 Å². The Labute approximate surface area is 152 Å². The minimum atomic E-state index is -0.469. The van der Waals surface area contributed by atoms with Crippen molar-refractivity contribution in [2.75, 3.05) is 26.3 Å². The van der Waals surface area contributed by atoms with Gasteiger partial charge in [0.2, 0.25) is 5.91 Å². The summed E-state index contributed by atoms with van der Waals surface area (Å²) in [6, 6.07) is 11.6. The fraction of sp³-hybridized carbons (Fsp3) is 0.400. The van der Waals surface area contributed by atoms with E-state index in [1.165, 1.54) is 12.5 Å². The van der Waals surface area contributed by atoms with Gasteiger partial charge in [0.15, 0.2) is 0 Å². The highest BCUT2D eigenvalue weighted by Gasteiger charge is 2.47. The molecule has 4 rings (SSSR count). The maximum atomic E-state index is 12.9. The van der Waals surface area contributed by atoms with Crippen LogP contribution in [0.1, 0.15) is 28.8 Å². The standard InChI is InChI=1S/C20H22N2O4/c23-18-6-9-21(19(24)17-7-10-25-13-17)14-20(8-11-26-15-20)22(18)12-16-4-2-1-3-5-16/h1-5,7,10,13H,6,8-9,11-12,14-15H2. The summed E-state index contributed by atoms with van der Waals surface area (Å²) >= 11 is 0. The first-order valence-corrected chi connectivity index (χ1v) is 8.92. The minimum Gasteiger partial charge on any atom is -0.472 e. The van der Waals surface area contributed by atoms with Crippen LogP contribution >= 0.6 is 0 Å². The van der Waals surface area contributed by atoms with E-state index in [0.717, 1.165) is 12.0 Å². The molecule has 1 atom stereocenters. The smallest absolute Gasteiger partial charge is 0.257 e. The van der Waals surface area contributed by atoms with E-state index in [9.17, 15) is 9.59 Å². The van der Waals surface area contributed by atoms with Crippen LogP contribution in [-0.2, 0) is 16.1 Å². The lowest BCUT2D eigenvalue weighted by molar-refractivity contribution is -0.137. The van der Waals surface area contributed by atoms with E-state index in [1.807, 2.05) is 35.2 Å². The van der Waals surface area contributed by atoms with Gasteiger partial charge < -0.3 is 19.0 Å². The third-order valence-electron chi connectivity index (χ3n) is 5.28. The summed E-state index contributed by atoms with van der Waals surface area (Å²) in [6.45, 7) is 2.50. The van der Waals surface area contributed by atoms with E-state index in [-0.39, 0.29) is 11.8 Å². The van der Waals surface area contributed by atoms with Crippen molar-refractivity contribution in [2.45, 2.75) is 24.9 Å². The van der Waals surface area contributed by atoms with Gasteiger partial charge in [0.25, 0.3) is 5.91 Å². The number of carbonyl (C=O) groups is 2. The minimum absolute atomic E-state index is 0.0712. The highest BCUT2D eigenvalue weighted by Crippen LogP contribution is 2.32. The zero-order valence-electron chi connectivity index (χ0n) is 14.6. The predicted molar refractivity (Wildman–Crippen MR) is 94.4 cm³/mol. The Kier molecular flexibility index (Phi) is 4.51.